The van der Waals surface area contributed by atoms with Crippen LogP contribution in [0.15, 0.2) is 4.99 Å². The van der Waals surface area contributed by atoms with Gasteiger partial charge in [0.05, 0.1) is 10.5 Å². The smallest absolute Gasteiger partial charge is 0.193 e. The zero-order valence-corrected chi connectivity index (χ0v) is 15.2. The van der Waals surface area contributed by atoms with Gasteiger partial charge in [0.2, 0.25) is 0 Å². The molecule has 0 aromatic rings. The zero-order chi connectivity index (χ0) is 16.6. The van der Waals surface area contributed by atoms with Gasteiger partial charge in [-0.3, -0.25) is 4.99 Å². The van der Waals surface area contributed by atoms with Gasteiger partial charge < -0.3 is 15.0 Å². The van der Waals surface area contributed by atoms with E-state index in [1.165, 1.54) is 0 Å². The molecule has 0 aromatic carbocycles. The molecule has 1 fully saturated rings. The van der Waals surface area contributed by atoms with Gasteiger partial charge in [-0.1, -0.05) is 0 Å². The Morgan fingerprint density at radius 1 is 1.32 bits per heavy atom. The molecule has 1 saturated heterocycles. The molecule has 0 amide bonds. The minimum absolute atomic E-state index is 0.189. The van der Waals surface area contributed by atoms with E-state index in [9.17, 15) is 8.42 Å². The maximum Gasteiger partial charge on any atom is 0.193 e. The monoisotopic (exact) mass is 333 g/mol. The minimum Gasteiger partial charge on any atom is -0.382 e. The molecule has 0 atom stereocenters. The normalized spacial score (nSPS) is 20.9. The maximum absolute atomic E-state index is 12.1. The molecule has 0 spiro atoms. The van der Waals surface area contributed by atoms with Crippen LogP contribution in [0, 0.1) is 0 Å². The lowest BCUT2D eigenvalue weighted by Gasteiger charge is -2.39. The van der Waals surface area contributed by atoms with Crippen molar-refractivity contribution in [3.8, 4) is 0 Å². The van der Waals surface area contributed by atoms with E-state index in [0.29, 0.717) is 13.1 Å². The molecule has 0 radical (unpaired) electrons. The number of ether oxygens (including phenoxy) is 1. The molecule has 130 valence electrons. The highest BCUT2D eigenvalue weighted by molar-refractivity contribution is 7.92. The first-order chi connectivity index (χ1) is 10.3. The van der Waals surface area contributed by atoms with E-state index in [1.54, 1.807) is 13.8 Å². The highest BCUT2D eigenvalue weighted by Crippen LogP contribution is 2.23. The second kappa shape index (κ2) is 8.72. The van der Waals surface area contributed by atoms with Crippen molar-refractivity contribution in [1.29, 1.82) is 0 Å². The molecule has 0 saturated carbocycles. The second-order valence-corrected chi connectivity index (χ2v) is 8.88. The maximum atomic E-state index is 12.1. The van der Waals surface area contributed by atoms with Gasteiger partial charge in [-0.2, -0.15) is 0 Å². The van der Waals surface area contributed by atoms with Gasteiger partial charge in [0.1, 0.15) is 0 Å². The highest BCUT2D eigenvalue weighted by atomic mass is 32.2. The molecule has 1 aliphatic rings. The summed E-state index contributed by atoms with van der Waals surface area (Å²) >= 11 is 0. The van der Waals surface area contributed by atoms with Crippen LogP contribution in [0.3, 0.4) is 0 Å². The minimum atomic E-state index is -3.02. The molecule has 1 N–H and O–H groups in total. The molecular weight excluding hydrogens is 302 g/mol. The summed E-state index contributed by atoms with van der Waals surface area (Å²) in [7, 11) is -3.02. The first-order valence-corrected chi connectivity index (χ1v) is 9.82. The lowest BCUT2D eigenvalue weighted by Crippen LogP contribution is -2.57. The predicted octanol–water partition coefficient (Wildman–Crippen LogP) is 1.28. The van der Waals surface area contributed by atoms with E-state index < -0.39 is 14.6 Å². The second-order valence-electron chi connectivity index (χ2n) is 6.14. The Morgan fingerprint density at radius 3 is 2.64 bits per heavy atom. The molecule has 6 nitrogen and oxygen atoms in total. The van der Waals surface area contributed by atoms with Crippen molar-refractivity contribution in [3.63, 3.8) is 0 Å². The van der Waals surface area contributed by atoms with Crippen LogP contribution < -0.4 is 5.32 Å². The van der Waals surface area contributed by atoms with E-state index >= 15 is 0 Å². The van der Waals surface area contributed by atoms with Crippen LogP contribution in [-0.2, 0) is 14.6 Å². The van der Waals surface area contributed by atoms with Crippen molar-refractivity contribution in [2.24, 2.45) is 4.99 Å². The van der Waals surface area contributed by atoms with E-state index in [4.69, 9.17) is 4.74 Å². The van der Waals surface area contributed by atoms with Crippen LogP contribution in [0.2, 0.25) is 0 Å². The quantitative estimate of drug-likeness (QED) is 0.432. The number of nitrogens with one attached hydrogen (secondary N) is 1. The van der Waals surface area contributed by atoms with E-state index in [2.05, 4.69) is 15.2 Å². The van der Waals surface area contributed by atoms with E-state index in [0.717, 1.165) is 45.1 Å². The third kappa shape index (κ3) is 5.43. The SMILES string of the molecule is CCNC(=NCCCCOCC)N1CCS(=O)(=O)C(C)(C)C1. The number of hydrogen-bond acceptors (Lipinski definition) is 4. The van der Waals surface area contributed by atoms with Crippen LogP contribution in [0.4, 0.5) is 0 Å². The van der Waals surface area contributed by atoms with Crippen molar-refractivity contribution in [1.82, 2.24) is 10.2 Å². The lowest BCUT2D eigenvalue weighted by atomic mass is 10.2. The first-order valence-electron chi connectivity index (χ1n) is 8.17. The third-order valence-corrected chi connectivity index (χ3v) is 6.37. The Balaban J connectivity index is 2.59. The lowest BCUT2D eigenvalue weighted by molar-refractivity contribution is 0.144. The first kappa shape index (κ1) is 19.2. The number of guanidine groups is 1. The van der Waals surface area contributed by atoms with Crippen LogP contribution in [-0.4, -0.2) is 69.2 Å². The molecular formula is C15H31N3O3S. The molecule has 0 bridgehead atoms. The Bertz CT molecular complexity index is 461. The fourth-order valence-corrected chi connectivity index (χ4v) is 3.76. The Morgan fingerprint density at radius 2 is 2.05 bits per heavy atom. The standard InChI is InChI=1S/C15H31N3O3S/c1-5-16-14(17-9-7-8-11-21-6-2)18-10-12-22(19,20)15(3,4)13-18/h5-13H2,1-4H3,(H,16,17). The van der Waals surface area contributed by atoms with Gasteiger partial charge in [0.15, 0.2) is 15.8 Å². The van der Waals surface area contributed by atoms with Gasteiger partial charge in [0.25, 0.3) is 0 Å². The molecule has 1 heterocycles. The summed E-state index contributed by atoms with van der Waals surface area (Å²) in [5.74, 6) is 1.01. The van der Waals surface area contributed by atoms with Crippen molar-refractivity contribution < 1.29 is 13.2 Å². The van der Waals surface area contributed by atoms with Crippen LogP contribution >= 0.6 is 0 Å². The topological polar surface area (TPSA) is 71.0 Å². The third-order valence-electron chi connectivity index (χ3n) is 3.84. The molecule has 1 rings (SSSR count). The summed E-state index contributed by atoms with van der Waals surface area (Å²) in [6, 6.07) is 0. The number of nitrogens with zero attached hydrogens (tertiary/aromatic N) is 2. The predicted molar refractivity (Wildman–Crippen MR) is 91.1 cm³/mol. The number of unbranched alkanes of at least 4 members (excludes halogenated alkanes) is 1. The van der Waals surface area contributed by atoms with Crippen LogP contribution in [0.25, 0.3) is 0 Å². The van der Waals surface area contributed by atoms with Gasteiger partial charge in [-0.05, 0) is 40.5 Å². The number of hydrogen-bond donors (Lipinski definition) is 1. The highest BCUT2D eigenvalue weighted by Gasteiger charge is 2.40. The molecule has 0 unspecified atom stereocenters. The summed E-state index contributed by atoms with van der Waals surface area (Å²) in [5, 5.41) is 3.27. The average molecular weight is 333 g/mol. The van der Waals surface area contributed by atoms with Crippen molar-refractivity contribution in [2.75, 3.05) is 45.1 Å². The summed E-state index contributed by atoms with van der Waals surface area (Å²) < 4.78 is 28.8. The number of sulfone groups is 1. The van der Waals surface area contributed by atoms with Gasteiger partial charge in [-0.15, -0.1) is 0 Å². The number of rotatable bonds is 7. The van der Waals surface area contributed by atoms with Crippen molar-refractivity contribution in [2.45, 2.75) is 45.3 Å². The Labute approximate surface area is 135 Å². The van der Waals surface area contributed by atoms with Crippen molar-refractivity contribution >= 4 is 15.8 Å². The fraction of sp³-hybridized carbons (Fsp3) is 0.933. The molecule has 1 aliphatic heterocycles. The summed E-state index contributed by atoms with van der Waals surface area (Å²) in [4.78, 5) is 6.69. The van der Waals surface area contributed by atoms with Gasteiger partial charge >= 0.3 is 0 Å². The summed E-state index contributed by atoms with van der Waals surface area (Å²) in [6.45, 7) is 11.6. The largest absolute Gasteiger partial charge is 0.382 e. The van der Waals surface area contributed by atoms with Gasteiger partial charge in [-0.25, -0.2) is 8.42 Å². The Hall–Kier alpha value is -0.820. The zero-order valence-electron chi connectivity index (χ0n) is 14.4. The molecule has 0 aromatic heterocycles. The molecule has 7 heteroatoms. The molecule has 0 aliphatic carbocycles. The summed E-state index contributed by atoms with van der Waals surface area (Å²) in [5.41, 5.74) is 0. The van der Waals surface area contributed by atoms with E-state index in [-0.39, 0.29) is 5.75 Å². The van der Waals surface area contributed by atoms with Gasteiger partial charge in [0, 0.05) is 39.4 Å². The average Bonchev–Trinajstić information content (AvgIpc) is 2.44. The van der Waals surface area contributed by atoms with Crippen LogP contribution in [0.5, 0.6) is 0 Å². The van der Waals surface area contributed by atoms with Crippen LogP contribution in [0.1, 0.15) is 40.5 Å². The Kier molecular flexibility index (Phi) is 7.62. The fourth-order valence-electron chi connectivity index (χ4n) is 2.40. The molecule has 22 heavy (non-hydrogen) atoms. The van der Waals surface area contributed by atoms with E-state index in [1.807, 2.05) is 13.8 Å². The van der Waals surface area contributed by atoms with Crippen molar-refractivity contribution in [3.05, 3.63) is 0 Å². The summed E-state index contributed by atoms with van der Waals surface area (Å²) in [6.07, 6.45) is 1.97. The number of aliphatic imine (C=N–C) groups is 1.